The number of esters is 1. The highest BCUT2D eigenvalue weighted by molar-refractivity contribution is 5.70. The number of carbonyl (C=O) groups is 1. The summed E-state index contributed by atoms with van der Waals surface area (Å²) in [6.45, 7) is 4.10. The molecule has 0 aliphatic carbocycles. The van der Waals surface area contributed by atoms with Gasteiger partial charge in [-0.3, -0.25) is 4.79 Å². The minimum atomic E-state index is -0.262. The monoisotopic (exact) mass is 210 g/mol. The highest BCUT2D eigenvalue weighted by Crippen LogP contribution is 2.19. The molecule has 0 unspecified atom stereocenters. The maximum atomic E-state index is 12.6. The molecule has 0 radical (unpaired) electrons. The first-order valence-corrected chi connectivity index (χ1v) is 5.04. The largest absolute Gasteiger partial charge is 0.466 e. The third kappa shape index (κ3) is 3.70. The van der Waals surface area contributed by atoms with E-state index in [1.54, 1.807) is 19.1 Å². The molecule has 0 amide bonds. The number of carbonyl (C=O) groups excluding carboxylic acids is 1. The van der Waals surface area contributed by atoms with Gasteiger partial charge in [0.25, 0.3) is 0 Å². The fourth-order valence-electron chi connectivity index (χ4n) is 1.38. The number of hydrogen-bond acceptors (Lipinski definition) is 2. The van der Waals surface area contributed by atoms with Gasteiger partial charge in [-0.2, -0.15) is 0 Å². The van der Waals surface area contributed by atoms with Crippen molar-refractivity contribution in [3.8, 4) is 0 Å². The first-order chi connectivity index (χ1) is 7.13. The predicted octanol–water partition coefficient (Wildman–Crippen LogP) is 2.88. The molecule has 0 aliphatic heterocycles. The molecule has 0 aliphatic rings. The number of rotatable bonds is 4. The van der Waals surface area contributed by atoms with Gasteiger partial charge in [0.1, 0.15) is 5.82 Å². The third-order valence-corrected chi connectivity index (χ3v) is 2.22. The van der Waals surface area contributed by atoms with Crippen LogP contribution in [0.1, 0.15) is 31.7 Å². The molecule has 15 heavy (non-hydrogen) atoms. The van der Waals surface area contributed by atoms with Crippen molar-refractivity contribution in [2.45, 2.75) is 26.2 Å². The fraction of sp³-hybridized carbons (Fsp3) is 0.417. The van der Waals surface area contributed by atoms with Crippen LogP contribution in [-0.2, 0) is 9.53 Å². The highest BCUT2D eigenvalue weighted by atomic mass is 19.1. The van der Waals surface area contributed by atoms with E-state index >= 15 is 0 Å². The van der Waals surface area contributed by atoms with Crippen LogP contribution in [0, 0.1) is 5.82 Å². The molecular weight excluding hydrogens is 195 g/mol. The van der Waals surface area contributed by atoms with Crippen LogP contribution in [0.15, 0.2) is 24.3 Å². The van der Waals surface area contributed by atoms with E-state index in [0.717, 1.165) is 5.56 Å². The minimum Gasteiger partial charge on any atom is -0.466 e. The van der Waals surface area contributed by atoms with Gasteiger partial charge in [0.05, 0.1) is 13.0 Å². The van der Waals surface area contributed by atoms with Crippen molar-refractivity contribution in [3.63, 3.8) is 0 Å². The summed E-state index contributed by atoms with van der Waals surface area (Å²) >= 11 is 0. The Morgan fingerprint density at radius 3 is 2.53 bits per heavy atom. The summed E-state index contributed by atoms with van der Waals surface area (Å²) in [6.07, 6.45) is 0.333. The zero-order valence-electron chi connectivity index (χ0n) is 9.00. The van der Waals surface area contributed by atoms with Crippen LogP contribution < -0.4 is 0 Å². The quantitative estimate of drug-likeness (QED) is 0.714. The van der Waals surface area contributed by atoms with E-state index in [-0.39, 0.29) is 17.7 Å². The molecule has 82 valence electrons. The fourth-order valence-corrected chi connectivity index (χ4v) is 1.38. The van der Waals surface area contributed by atoms with Crippen molar-refractivity contribution in [2.24, 2.45) is 0 Å². The normalized spacial score (nSPS) is 12.2. The standard InChI is InChI=1S/C12H15FO2/c1-3-15-12(14)8-9(2)10-4-6-11(13)7-5-10/h4-7,9H,3,8H2,1-2H3/t9-/m1/s1. The molecule has 1 aromatic carbocycles. The van der Waals surface area contributed by atoms with E-state index in [1.165, 1.54) is 12.1 Å². The van der Waals surface area contributed by atoms with E-state index in [9.17, 15) is 9.18 Å². The molecule has 0 fully saturated rings. The molecule has 1 rings (SSSR count). The summed E-state index contributed by atoms with van der Waals surface area (Å²) in [7, 11) is 0. The zero-order valence-corrected chi connectivity index (χ0v) is 9.00. The van der Waals surface area contributed by atoms with Crippen LogP contribution in [0.25, 0.3) is 0 Å². The lowest BCUT2D eigenvalue weighted by Crippen LogP contribution is -2.08. The molecule has 0 aromatic heterocycles. The number of hydrogen-bond donors (Lipinski definition) is 0. The summed E-state index contributed by atoms with van der Waals surface area (Å²) in [5, 5.41) is 0. The Balaban J connectivity index is 2.57. The van der Waals surface area contributed by atoms with Gasteiger partial charge in [-0.05, 0) is 30.5 Å². The Labute approximate surface area is 89.1 Å². The molecular formula is C12H15FO2. The van der Waals surface area contributed by atoms with Gasteiger partial charge in [0.15, 0.2) is 0 Å². The van der Waals surface area contributed by atoms with Gasteiger partial charge in [0.2, 0.25) is 0 Å². The lowest BCUT2D eigenvalue weighted by molar-refractivity contribution is -0.143. The second kappa shape index (κ2) is 5.49. The topological polar surface area (TPSA) is 26.3 Å². The number of benzene rings is 1. The van der Waals surface area contributed by atoms with Gasteiger partial charge in [-0.25, -0.2) is 4.39 Å². The van der Waals surface area contributed by atoms with Crippen LogP contribution in [0.4, 0.5) is 4.39 Å². The Bertz CT molecular complexity index is 319. The second-order valence-corrected chi connectivity index (χ2v) is 3.46. The first-order valence-electron chi connectivity index (χ1n) is 5.04. The van der Waals surface area contributed by atoms with E-state index in [4.69, 9.17) is 4.74 Å². The molecule has 0 saturated heterocycles. The smallest absolute Gasteiger partial charge is 0.306 e. The Morgan fingerprint density at radius 1 is 1.40 bits per heavy atom. The molecule has 3 heteroatoms. The predicted molar refractivity (Wildman–Crippen MR) is 56.1 cm³/mol. The SMILES string of the molecule is CCOC(=O)C[C@@H](C)c1ccc(F)cc1. The lowest BCUT2D eigenvalue weighted by atomic mass is 9.98. The van der Waals surface area contributed by atoms with E-state index < -0.39 is 0 Å². The number of ether oxygens (including phenoxy) is 1. The highest BCUT2D eigenvalue weighted by Gasteiger charge is 2.11. The molecule has 1 atom stereocenters. The van der Waals surface area contributed by atoms with Crippen molar-refractivity contribution in [1.29, 1.82) is 0 Å². The van der Waals surface area contributed by atoms with Crippen molar-refractivity contribution in [2.75, 3.05) is 6.61 Å². The van der Waals surface area contributed by atoms with Crippen LogP contribution >= 0.6 is 0 Å². The van der Waals surface area contributed by atoms with Gasteiger partial charge in [-0.1, -0.05) is 19.1 Å². The van der Waals surface area contributed by atoms with Crippen molar-refractivity contribution >= 4 is 5.97 Å². The first kappa shape index (κ1) is 11.7. The molecule has 0 N–H and O–H groups in total. The maximum Gasteiger partial charge on any atom is 0.306 e. The molecule has 2 nitrogen and oxygen atoms in total. The average molecular weight is 210 g/mol. The average Bonchev–Trinajstić information content (AvgIpc) is 2.18. The Hall–Kier alpha value is -1.38. The molecule has 0 heterocycles. The summed E-state index contributed by atoms with van der Waals surface area (Å²) in [5.41, 5.74) is 0.949. The summed E-state index contributed by atoms with van der Waals surface area (Å²) in [6, 6.07) is 6.19. The zero-order chi connectivity index (χ0) is 11.3. The van der Waals surface area contributed by atoms with E-state index in [0.29, 0.717) is 13.0 Å². The van der Waals surface area contributed by atoms with Gasteiger partial charge < -0.3 is 4.74 Å². The van der Waals surface area contributed by atoms with Gasteiger partial charge >= 0.3 is 5.97 Å². The molecule has 0 saturated carbocycles. The van der Waals surface area contributed by atoms with Crippen LogP contribution in [-0.4, -0.2) is 12.6 Å². The molecule has 0 spiro atoms. The van der Waals surface area contributed by atoms with Crippen molar-refractivity contribution in [3.05, 3.63) is 35.6 Å². The summed E-state index contributed by atoms with van der Waals surface area (Å²) in [4.78, 5) is 11.2. The van der Waals surface area contributed by atoms with Crippen molar-refractivity contribution < 1.29 is 13.9 Å². The van der Waals surface area contributed by atoms with Crippen LogP contribution in [0.3, 0.4) is 0 Å². The minimum absolute atomic E-state index is 0.0599. The second-order valence-electron chi connectivity index (χ2n) is 3.46. The molecule has 0 bridgehead atoms. The lowest BCUT2D eigenvalue weighted by Gasteiger charge is -2.10. The van der Waals surface area contributed by atoms with Crippen molar-refractivity contribution in [1.82, 2.24) is 0 Å². The van der Waals surface area contributed by atoms with Crippen LogP contribution in [0.5, 0.6) is 0 Å². The Kier molecular flexibility index (Phi) is 4.28. The Morgan fingerprint density at radius 2 is 2.00 bits per heavy atom. The van der Waals surface area contributed by atoms with Gasteiger partial charge in [-0.15, -0.1) is 0 Å². The number of halogens is 1. The molecule has 1 aromatic rings. The maximum absolute atomic E-state index is 12.6. The van der Waals surface area contributed by atoms with E-state index in [2.05, 4.69) is 0 Å². The van der Waals surface area contributed by atoms with Crippen LogP contribution in [0.2, 0.25) is 0 Å². The van der Waals surface area contributed by atoms with Gasteiger partial charge in [0, 0.05) is 0 Å². The summed E-state index contributed by atoms with van der Waals surface area (Å²) in [5.74, 6) is -0.416. The van der Waals surface area contributed by atoms with E-state index in [1.807, 2.05) is 6.92 Å². The third-order valence-electron chi connectivity index (χ3n) is 2.22. The summed E-state index contributed by atoms with van der Waals surface area (Å²) < 4.78 is 17.5.